The van der Waals surface area contributed by atoms with Gasteiger partial charge in [-0.05, 0) is 17.7 Å². The highest BCUT2D eigenvalue weighted by Crippen LogP contribution is 2.08. The lowest BCUT2D eigenvalue weighted by atomic mass is 10.2. The van der Waals surface area contributed by atoms with E-state index >= 15 is 0 Å². The van der Waals surface area contributed by atoms with E-state index in [4.69, 9.17) is 16.3 Å². The topological polar surface area (TPSA) is 24.5 Å². The van der Waals surface area contributed by atoms with E-state index in [1.807, 2.05) is 12.1 Å². The summed E-state index contributed by atoms with van der Waals surface area (Å²) in [5.74, 6) is 0. The molecule has 2 rings (SSSR count). The van der Waals surface area contributed by atoms with Crippen LogP contribution < -0.4 is 30.1 Å². The second-order valence-corrected chi connectivity index (χ2v) is 4.69. The predicted molar refractivity (Wildman–Crippen MR) is 70.4 cm³/mol. The van der Waals surface area contributed by atoms with Gasteiger partial charge in [-0.2, -0.15) is 0 Å². The molecule has 1 N–H and O–H groups in total. The molecule has 19 heavy (non-hydrogen) atoms. The summed E-state index contributed by atoms with van der Waals surface area (Å²) in [6.45, 7) is 6.88. The van der Waals surface area contributed by atoms with Crippen LogP contribution in [0.25, 0.3) is 0 Å². The summed E-state index contributed by atoms with van der Waals surface area (Å²) >= 11 is 5.84. The van der Waals surface area contributed by atoms with Gasteiger partial charge in [-0.25, -0.2) is 0 Å². The fourth-order valence-electron chi connectivity index (χ4n) is 1.90. The van der Waals surface area contributed by atoms with Crippen molar-refractivity contribution in [3.8, 4) is 0 Å². The van der Waals surface area contributed by atoms with E-state index < -0.39 is 0 Å². The summed E-state index contributed by atoms with van der Waals surface area (Å²) in [4.78, 5) is 2.43. The average Bonchev–Trinajstić information content (AvgIpc) is 2.38. The molecule has 1 saturated heterocycles. The lowest BCUT2D eigenvalue weighted by Gasteiger charge is -2.26. The Balaban J connectivity index is 0.00000162. The molecule has 0 aliphatic carbocycles. The van der Waals surface area contributed by atoms with Crippen LogP contribution in [0.4, 0.5) is 0 Å². The summed E-state index contributed by atoms with van der Waals surface area (Å²) in [5, 5.41) is 4.24. The zero-order valence-electron chi connectivity index (χ0n) is 10.7. The number of morpholine rings is 1. The van der Waals surface area contributed by atoms with Crippen LogP contribution in [0.15, 0.2) is 24.3 Å². The summed E-state index contributed by atoms with van der Waals surface area (Å²) in [6.07, 6.45) is 0. The van der Waals surface area contributed by atoms with Crippen molar-refractivity contribution in [3.63, 3.8) is 0 Å². The van der Waals surface area contributed by atoms with Gasteiger partial charge in [-0.3, -0.25) is 4.90 Å². The largest absolute Gasteiger partial charge is 1.00 e. The number of ether oxygens (including phenoxy) is 1. The van der Waals surface area contributed by atoms with Crippen molar-refractivity contribution in [1.29, 1.82) is 0 Å². The van der Waals surface area contributed by atoms with Crippen molar-refractivity contribution in [2.75, 3.05) is 39.4 Å². The van der Waals surface area contributed by atoms with Gasteiger partial charge in [0.15, 0.2) is 0 Å². The molecule has 1 aliphatic heterocycles. The van der Waals surface area contributed by atoms with Crippen molar-refractivity contribution in [2.24, 2.45) is 0 Å². The van der Waals surface area contributed by atoms with Gasteiger partial charge >= 0.3 is 0 Å². The Hall–Kier alpha value is -0.0300. The molecule has 110 valence electrons. The zero-order valence-corrected chi connectivity index (χ0v) is 13.0. The highest BCUT2D eigenvalue weighted by atomic mass is 35.5. The monoisotopic (exact) mass is 324 g/mol. The molecule has 0 radical (unpaired) electrons. The van der Waals surface area contributed by atoms with E-state index in [0.29, 0.717) is 0 Å². The minimum absolute atomic E-state index is 0. The third-order valence-corrected chi connectivity index (χ3v) is 3.20. The van der Waals surface area contributed by atoms with E-state index in [1.54, 1.807) is 0 Å². The van der Waals surface area contributed by atoms with E-state index in [9.17, 15) is 0 Å². The normalized spacial score (nSPS) is 15.4. The molecular weight excluding hydrogens is 307 g/mol. The van der Waals surface area contributed by atoms with Crippen LogP contribution in [0.3, 0.4) is 0 Å². The Morgan fingerprint density at radius 3 is 2.37 bits per heavy atom. The quantitative estimate of drug-likeness (QED) is 0.555. The Morgan fingerprint density at radius 1 is 1.11 bits per heavy atom. The standard InChI is InChI=1S/C13H19ClN2O.2ClH/c14-13-3-1-12(2-4-13)11-15-5-6-16-7-9-17-10-8-16;;/h1-4,15H,5-11H2;2*1H/p-2. The smallest absolute Gasteiger partial charge is 0.0594 e. The fourth-order valence-corrected chi connectivity index (χ4v) is 2.02. The number of halogens is 3. The van der Waals surface area contributed by atoms with Crippen molar-refractivity contribution in [1.82, 2.24) is 10.2 Å². The van der Waals surface area contributed by atoms with E-state index in [-0.39, 0.29) is 24.8 Å². The maximum Gasteiger partial charge on any atom is 0.0594 e. The molecule has 0 aromatic heterocycles. The number of hydrogen-bond donors (Lipinski definition) is 1. The maximum absolute atomic E-state index is 5.84. The molecule has 1 aliphatic rings. The Bertz CT molecular complexity index is 329. The first-order valence-corrected chi connectivity index (χ1v) is 6.48. The number of nitrogens with one attached hydrogen (secondary N) is 1. The van der Waals surface area contributed by atoms with Gasteiger partial charge < -0.3 is 34.9 Å². The van der Waals surface area contributed by atoms with Gasteiger partial charge in [0.1, 0.15) is 0 Å². The molecule has 6 heteroatoms. The third-order valence-electron chi connectivity index (χ3n) is 2.95. The molecule has 0 saturated carbocycles. The predicted octanol–water partition coefficient (Wildman–Crippen LogP) is -4.23. The van der Waals surface area contributed by atoms with Crippen LogP contribution >= 0.6 is 11.6 Å². The second kappa shape index (κ2) is 10.7. The van der Waals surface area contributed by atoms with E-state index in [0.717, 1.165) is 51.0 Å². The average molecular weight is 326 g/mol. The van der Waals surface area contributed by atoms with Gasteiger partial charge in [0.2, 0.25) is 0 Å². The Morgan fingerprint density at radius 2 is 1.74 bits per heavy atom. The summed E-state index contributed by atoms with van der Waals surface area (Å²) < 4.78 is 5.31. The van der Waals surface area contributed by atoms with Gasteiger partial charge in [0.05, 0.1) is 13.2 Å². The van der Waals surface area contributed by atoms with Crippen LogP contribution in [-0.4, -0.2) is 44.3 Å². The van der Waals surface area contributed by atoms with Gasteiger partial charge in [-0.15, -0.1) is 0 Å². The van der Waals surface area contributed by atoms with E-state index in [1.165, 1.54) is 5.56 Å². The first kappa shape index (κ1) is 19.0. The van der Waals surface area contributed by atoms with Crippen LogP contribution in [0.1, 0.15) is 5.56 Å². The van der Waals surface area contributed by atoms with Crippen molar-refractivity contribution in [3.05, 3.63) is 34.9 Å². The molecule has 1 fully saturated rings. The van der Waals surface area contributed by atoms with Gasteiger partial charge in [0.25, 0.3) is 0 Å². The van der Waals surface area contributed by atoms with Crippen molar-refractivity contribution >= 4 is 11.6 Å². The summed E-state index contributed by atoms with van der Waals surface area (Å²) in [6, 6.07) is 7.98. The minimum Gasteiger partial charge on any atom is -1.00 e. The van der Waals surface area contributed by atoms with Crippen LogP contribution in [0.2, 0.25) is 5.02 Å². The maximum atomic E-state index is 5.84. The number of rotatable bonds is 5. The van der Waals surface area contributed by atoms with Crippen LogP contribution in [0.5, 0.6) is 0 Å². The molecule has 1 aromatic carbocycles. The summed E-state index contributed by atoms with van der Waals surface area (Å²) in [5.41, 5.74) is 1.27. The van der Waals surface area contributed by atoms with Gasteiger partial charge in [0, 0.05) is 37.7 Å². The molecule has 0 bridgehead atoms. The first-order valence-electron chi connectivity index (χ1n) is 6.10. The van der Waals surface area contributed by atoms with Crippen molar-refractivity contribution < 1.29 is 29.6 Å². The molecule has 3 nitrogen and oxygen atoms in total. The third kappa shape index (κ3) is 7.35. The molecule has 0 spiro atoms. The van der Waals surface area contributed by atoms with Crippen LogP contribution in [0, 0.1) is 0 Å². The minimum atomic E-state index is 0. The van der Waals surface area contributed by atoms with Crippen molar-refractivity contribution in [2.45, 2.75) is 6.54 Å². The molecule has 1 heterocycles. The SMILES string of the molecule is Clc1ccc(CNCCN2CCOCC2)cc1.[Cl-].[Cl-]. The summed E-state index contributed by atoms with van der Waals surface area (Å²) in [7, 11) is 0. The fraction of sp³-hybridized carbons (Fsp3) is 0.538. The lowest BCUT2D eigenvalue weighted by molar-refractivity contribution is -0.00100. The molecular formula is C13H19Cl3N2O-2. The number of hydrogen-bond acceptors (Lipinski definition) is 3. The van der Waals surface area contributed by atoms with Crippen LogP contribution in [-0.2, 0) is 11.3 Å². The zero-order chi connectivity index (χ0) is 11.9. The Labute approximate surface area is 132 Å². The molecule has 0 atom stereocenters. The lowest BCUT2D eigenvalue weighted by Crippen LogP contribution is -3.00. The van der Waals surface area contributed by atoms with E-state index in [2.05, 4.69) is 22.3 Å². The number of benzene rings is 1. The Kier molecular flexibility index (Phi) is 10.7. The number of nitrogens with zero attached hydrogens (tertiary/aromatic N) is 1. The van der Waals surface area contributed by atoms with Gasteiger partial charge in [-0.1, -0.05) is 23.7 Å². The molecule has 0 amide bonds. The molecule has 0 unspecified atom stereocenters. The second-order valence-electron chi connectivity index (χ2n) is 4.26. The highest BCUT2D eigenvalue weighted by molar-refractivity contribution is 6.30. The highest BCUT2D eigenvalue weighted by Gasteiger charge is 2.08. The first-order chi connectivity index (χ1) is 8.34. The molecule has 1 aromatic rings.